The number of benzene rings is 2. The molecule has 0 bridgehead atoms. The predicted molar refractivity (Wildman–Crippen MR) is 119 cm³/mol. The Hall–Kier alpha value is -3.41. The van der Waals surface area contributed by atoms with Gasteiger partial charge in [-0.2, -0.15) is 0 Å². The summed E-state index contributed by atoms with van der Waals surface area (Å²) in [6, 6.07) is 17.8. The Morgan fingerprint density at radius 1 is 1.13 bits per heavy atom. The van der Waals surface area contributed by atoms with Crippen LogP contribution in [0.4, 0.5) is 11.5 Å². The third-order valence-corrected chi connectivity index (χ3v) is 5.45. The van der Waals surface area contributed by atoms with Crippen LogP contribution in [0.15, 0.2) is 60.9 Å². The summed E-state index contributed by atoms with van der Waals surface area (Å²) in [5.74, 6) is 1.43. The van der Waals surface area contributed by atoms with Crippen LogP contribution >= 0.6 is 0 Å². The molecular weight excluding hydrogens is 376 g/mol. The van der Waals surface area contributed by atoms with Crippen molar-refractivity contribution in [1.82, 2.24) is 9.97 Å². The molecule has 2 aromatic carbocycles. The molecule has 2 heterocycles. The van der Waals surface area contributed by atoms with Gasteiger partial charge in [-0.05, 0) is 37.5 Å². The molecule has 1 N–H and O–H groups in total. The Kier molecular flexibility index (Phi) is 5.93. The van der Waals surface area contributed by atoms with Crippen molar-refractivity contribution < 1.29 is 9.53 Å². The van der Waals surface area contributed by atoms with Gasteiger partial charge in [0.2, 0.25) is 5.91 Å². The van der Waals surface area contributed by atoms with Gasteiger partial charge < -0.3 is 15.0 Å². The predicted octanol–water partition coefficient (Wildman–Crippen LogP) is 4.32. The number of aryl methyl sites for hydroxylation is 1. The van der Waals surface area contributed by atoms with E-state index in [-0.39, 0.29) is 11.8 Å². The Labute approximate surface area is 176 Å². The minimum atomic E-state index is -0.112. The van der Waals surface area contributed by atoms with Gasteiger partial charge in [-0.3, -0.25) is 4.79 Å². The third-order valence-electron chi connectivity index (χ3n) is 5.45. The summed E-state index contributed by atoms with van der Waals surface area (Å²) in [5.41, 5.74) is 3.73. The first kappa shape index (κ1) is 19.9. The smallest absolute Gasteiger partial charge is 0.229 e. The maximum Gasteiger partial charge on any atom is 0.229 e. The van der Waals surface area contributed by atoms with Gasteiger partial charge in [-0.1, -0.05) is 36.4 Å². The van der Waals surface area contributed by atoms with Gasteiger partial charge in [0, 0.05) is 24.7 Å². The molecule has 0 radical (unpaired) electrons. The zero-order chi connectivity index (χ0) is 20.9. The third kappa shape index (κ3) is 4.43. The maximum absolute atomic E-state index is 13.0. The molecule has 1 fully saturated rings. The van der Waals surface area contributed by atoms with Crippen molar-refractivity contribution in [3.8, 4) is 17.0 Å². The largest absolute Gasteiger partial charge is 0.495 e. The first-order valence-electron chi connectivity index (χ1n) is 10.2. The fraction of sp³-hybridized carbons (Fsp3) is 0.292. The molecule has 1 aliphatic rings. The summed E-state index contributed by atoms with van der Waals surface area (Å²) in [7, 11) is 1.61. The van der Waals surface area contributed by atoms with E-state index in [2.05, 4.69) is 20.2 Å². The van der Waals surface area contributed by atoms with Crippen molar-refractivity contribution in [1.29, 1.82) is 0 Å². The summed E-state index contributed by atoms with van der Waals surface area (Å²) in [5, 5.41) is 3.06. The van der Waals surface area contributed by atoms with E-state index in [1.807, 2.05) is 61.5 Å². The monoisotopic (exact) mass is 402 g/mol. The average Bonchev–Trinajstić information content (AvgIpc) is 2.80. The highest BCUT2D eigenvalue weighted by Gasteiger charge is 2.27. The van der Waals surface area contributed by atoms with Gasteiger partial charge in [0.25, 0.3) is 0 Å². The molecule has 6 heteroatoms. The van der Waals surface area contributed by atoms with Crippen molar-refractivity contribution in [2.45, 2.75) is 19.8 Å². The van der Waals surface area contributed by atoms with Gasteiger partial charge in [0.1, 0.15) is 17.9 Å². The number of ether oxygens (including phenoxy) is 1. The van der Waals surface area contributed by atoms with E-state index in [9.17, 15) is 4.79 Å². The standard InChI is InChI=1S/C24H26N4O2/c1-17-10-11-22(30-2)21(13-17)27-24(29)19-9-6-12-28(15-19)23-14-20(25-16-26-23)18-7-4-3-5-8-18/h3-5,7-8,10-11,13-14,16,19H,6,9,12,15H2,1-2H3,(H,27,29). The van der Waals surface area contributed by atoms with Gasteiger partial charge in [0.15, 0.2) is 0 Å². The summed E-state index contributed by atoms with van der Waals surface area (Å²) >= 11 is 0. The number of hydrogen-bond donors (Lipinski definition) is 1. The highest BCUT2D eigenvalue weighted by atomic mass is 16.5. The number of carbonyl (C=O) groups is 1. The van der Waals surface area contributed by atoms with E-state index in [0.29, 0.717) is 18.0 Å². The minimum absolute atomic E-state index is 0.0148. The average molecular weight is 402 g/mol. The van der Waals surface area contributed by atoms with E-state index < -0.39 is 0 Å². The van der Waals surface area contributed by atoms with Crippen molar-refractivity contribution >= 4 is 17.4 Å². The number of amides is 1. The van der Waals surface area contributed by atoms with Gasteiger partial charge in [-0.25, -0.2) is 9.97 Å². The lowest BCUT2D eigenvalue weighted by molar-refractivity contribution is -0.120. The molecule has 0 spiro atoms. The van der Waals surface area contributed by atoms with E-state index in [1.165, 1.54) is 0 Å². The number of rotatable bonds is 5. The van der Waals surface area contributed by atoms with Crippen LogP contribution in [-0.2, 0) is 4.79 Å². The lowest BCUT2D eigenvalue weighted by Gasteiger charge is -2.33. The minimum Gasteiger partial charge on any atom is -0.495 e. The lowest BCUT2D eigenvalue weighted by Crippen LogP contribution is -2.41. The molecule has 0 aliphatic carbocycles. The molecular formula is C24H26N4O2. The van der Waals surface area contributed by atoms with Crippen LogP contribution < -0.4 is 15.0 Å². The van der Waals surface area contributed by atoms with Crippen LogP contribution in [0, 0.1) is 12.8 Å². The second-order valence-corrected chi connectivity index (χ2v) is 7.61. The number of hydrogen-bond acceptors (Lipinski definition) is 5. The summed E-state index contributed by atoms with van der Waals surface area (Å²) < 4.78 is 5.39. The van der Waals surface area contributed by atoms with Crippen LogP contribution in [0.2, 0.25) is 0 Å². The highest BCUT2D eigenvalue weighted by molar-refractivity contribution is 5.94. The van der Waals surface area contributed by atoms with Crippen molar-refractivity contribution in [3.63, 3.8) is 0 Å². The van der Waals surface area contributed by atoms with E-state index in [1.54, 1.807) is 13.4 Å². The number of piperidine rings is 1. The Morgan fingerprint density at radius 2 is 1.97 bits per heavy atom. The van der Waals surface area contributed by atoms with E-state index in [4.69, 9.17) is 4.74 Å². The SMILES string of the molecule is COc1ccc(C)cc1NC(=O)C1CCCN(c2cc(-c3ccccc3)ncn2)C1. The van der Waals surface area contributed by atoms with Crippen molar-refractivity contribution in [2.75, 3.05) is 30.4 Å². The molecule has 30 heavy (non-hydrogen) atoms. The topological polar surface area (TPSA) is 67.3 Å². The molecule has 1 atom stereocenters. The van der Waals surface area contributed by atoms with Crippen LogP contribution in [-0.4, -0.2) is 36.1 Å². The molecule has 1 unspecified atom stereocenters. The molecule has 0 saturated carbocycles. The molecule has 6 nitrogen and oxygen atoms in total. The number of aromatic nitrogens is 2. The van der Waals surface area contributed by atoms with Gasteiger partial charge >= 0.3 is 0 Å². The van der Waals surface area contributed by atoms with Crippen LogP contribution in [0.25, 0.3) is 11.3 Å². The number of nitrogens with one attached hydrogen (secondary N) is 1. The number of nitrogens with zero attached hydrogens (tertiary/aromatic N) is 3. The zero-order valence-corrected chi connectivity index (χ0v) is 17.3. The molecule has 1 aromatic heterocycles. The van der Waals surface area contributed by atoms with Gasteiger partial charge in [0.05, 0.1) is 24.4 Å². The second-order valence-electron chi connectivity index (χ2n) is 7.61. The van der Waals surface area contributed by atoms with Crippen LogP contribution in [0.1, 0.15) is 18.4 Å². The number of carbonyl (C=O) groups excluding carboxylic acids is 1. The molecule has 1 amide bonds. The molecule has 1 aliphatic heterocycles. The number of anilines is 2. The fourth-order valence-corrected chi connectivity index (χ4v) is 3.84. The van der Waals surface area contributed by atoms with Gasteiger partial charge in [-0.15, -0.1) is 0 Å². The first-order chi connectivity index (χ1) is 14.6. The summed E-state index contributed by atoms with van der Waals surface area (Å²) in [6.45, 7) is 3.50. The van der Waals surface area contributed by atoms with E-state index >= 15 is 0 Å². The summed E-state index contributed by atoms with van der Waals surface area (Å²) in [6.07, 6.45) is 3.39. The van der Waals surface area contributed by atoms with Crippen molar-refractivity contribution in [3.05, 3.63) is 66.5 Å². The maximum atomic E-state index is 13.0. The Balaban J connectivity index is 1.49. The van der Waals surface area contributed by atoms with Crippen molar-refractivity contribution in [2.24, 2.45) is 5.92 Å². The van der Waals surface area contributed by atoms with Crippen LogP contribution in [0.3, 0.4) is 0 Å². The number of methoxy groups -OCH3 is 1. The normalized spacial score (nSPS) is 16.2. The summed E-state index contributed by atoms with van der Waals surface area (Å²) in [4.78, 5) is 24.0. The quantitative estimate of drug-likeness (QED) is 0.689. The Bertz CT molecular complexity index is 1020. The molecule has 1 saturated heterocycles. The molecule has 4 rings (SSSR count). The van der Waals surface area contributed by atoms with Crippen LogP contribution in [0.5, 0.6) is 5.75 Å². The Morgan fingerprint density at radius 3 is 2.77 bits per heavy atom. The van der Waals surface area contributed by atoms with E-state index in [0.717, 1.165) is 42.0 Å². The second kappa shape index (κ2) is 8.95. The highest BCUT2D eigenvalue weighted by Crippen LogP contribution is 2.28. The zero-order valence-electron chi connectivity index (χ0n) is 17.3. The fourth-order valence-electron chi connectivity index (χ4n) is 3.84. The molecule has 154 valence electrons. The lowest BCUT2D eigenvalue weighted by atomic mass is 9.96. The first-order valence-corrected chi connectivity index (χ1v) is 10.2. The molecule has 3 aromatic rings.